The van der Waals surface area contributed by atoms with E-state index in [4.69, 9.17) is 9.47 Å². The number of aromatic nitrogens is 2. The second-order valence-corrected chi connectivity index (χ2v) is 6.21. The number of rotatable bonds is 7. The Labute approximate surface area is 138 Å². The molecule has 0 aromatic carbocycles. The molecule has 0 saturated heterocycles. The molecule has 0 aliphatic carbocycles. The molecule has 8 heteroatoms. The fourth-order valence-corrected chi connectivity index (χ4v) is 3.40. The first-order chi connectivity index (χ1) is 11.0. The average molecular weight is 340 g/mol. The number of hydrogen-bond donors (Lipinski definition) is 2. The maximum atomic E-state index is 12.4. The number of nitrogens with one attached hydrogen (secondary N) is 1. The highest BCUT2D eigenvalue weighted by molar-refractivity contribution is 7.20. The maximum Gasteiger partial charge on any atom is 0.348 e. The number of carbonyl (C=O) groups is 1. The van der Waals surface area contributed by atoms with Crippen LogP contribution >= 0.6 is 11.3 Å². The Bertz CT molecular complexity index is 753. The quantitative estimate of drug-likeness (QED) is 0.572. The van der Waals surface area contributed by atoms with Gasteiger partial charge in [0.25, 0.3) is 5.56 Å². The normalized spacial score (nSPS) is 12.5. The molecule has 3 N–H and O–H groups in total. The predicted octanol–water partition coefficient (Wildman–Crippen LogP) is 0.741. The van der Waals surface area contributed by atoms with E-state index >= 15 is 0 Å². The van der Waals surface area contributed by atoms with Crippen molar-refractivity contribution < 1.29 is 19.6 Å². The van der Waals surface area contributed by atoms with Gasteiger partial charge in [-0.1, -0.05) is 0 Å². The van der Waals surface area contributed by atoms with Crippen LogP contribution in [0.15, 0.2) is 4.79 Å². The molecule has 23 heavy (non-hydrogen) atoms. The molecule has 0 fully saturated rings. The average Bonchev–Trinajstić information content (AvgIpc) is 2.85. The molecule has 1 atom stereocenters. The van der Waals surface area contributed by atoms with Crippen LogP contribution in [0.3, 0.4) is 0 Å². The number of nitrogens with zero attached hydrogens (tertiary/aromatic N) is 1. The van der Waals surface area contributed by atoms with Gasteiger partial charge in [-0.3, -0.25) is 4.79 Å². The molecule has 0 unspecified atom stereocenters. The van der Waals surface area contributed by atoms with Crippen LogP contribution in [-0.2, 0) is 9.47 Å². The van der Waals surface area contributed by atoms with E-state index < -0.39 is 5.97 Å². The fraction of sp³-hybridized carbons (Fsp3) is 0.533. The molecule has 2 rings (SSSR count). The molecule has 2 aromatic rings. The molecular weight excluding hydrogens is 318 g/mol. The van der Waals surface area contributed by atoms with E-state index in [1.165, 1.54) is 11.3 Å². The number of nitrogens with two attached hydrogens (primary N) is 1. The first-order valence-corrected chi connectivity index (χ1v) is 8.33. The lowest BCUT2D eigenvalue weighted by Gasteiger charge is -2.09. The van der Waals surface area contributed by atoms with Gasteiger partial charge >= 0.3 is 5.97 Å². The zero-order chi connectivity index (χ0) is 17.0. The van der Waals surface area contributed by atoms with Crippen LogP contribution in [0, 0.1) is 6.92 Å². The van der Waals surface area contributed by atoms with Gasteiger partial charge < -0.3 is 19.8 Å². The first kappa shape index (κ1) is 17.6. The van der Waals surface area contributed by atoms with Crippen LogP contribution in [0.1, 0.15) is 40.9 Å². The number of fused-ring (bicyclic) bond motifs is 1. The Kier molecular flexibility index (Phi) is 5.86. The number of methoxy groups -OCH3 is 1. The number of H-pyrrole nitrogens is 1. The highest BCUT2D eigenvalue weighted by atomic mass is 32.1. The Morgan fingerprint density at radius 2 is 2.22 bits per heavy atom. The van der Waals surface area contributed by atoms with Crippen LogP contribution in [-0.4, -0.2) is 42.8 Å². The number of aryl methyl sites for hydroxylation is 1. The minimum Gasteiger partial charge on any atom is -0.462 e. The molecule has 0 aliphatic heterocycles. The highest BCUT2D eigenvalue weighted by Crippen LogP contribution is 2.27. The summed E-state index contributed by atoms with van der Waals surface area (Å²) in [5.41, 5.74) is 0.404. The minimum absolute atomic E-state index is 0.00398. The number of esters is 1. The van der Waals surface area contributed by atoms with Crippen molar-refractivity contribution in [3.05, 3.63) is 26.6 Å². The third-order valence-corrected chi connectivity index (χ3v) is 4.72. The van der Waals surface area contributed by atoms with Crippen molar-refractivity contribution >= 4 is 27.5 Å². The van der Waals surface area contributed by atoms with Crippen LogP contribution in [0.2, 0.25) is 0 Å². The molecule has 0 bridgehead atoms. The Morgan fingerprint density at radius 3 is 2.87 bits per heavy atom. The van der Waals surface area contributed by atoms with Gasteiger partial charge in [-0.25, -0.2) is 9.78 Å². The summed E-state index contributed by atoms with van der Waals surface area (Å²) in [5.74, 6) is 0.184. The Hall–Kier alpha value is -1.77. The van der Waals surface area contributed by atoms with Crippen molar-refractivity contribution in [2.75, 3.05) is 26.9 Å². The Morgan fingerprint density at radius 1 is 1.48 bits per heavy atom. The summed E-state index contributed by atoms with van der Waals surface area (Å²) in [6.45, 7) is 7.16. The minimum atomic E-state index is -0.409. The fourth-order valence-electron chi connectivity index (χ4n) is 2.32. The first-order valence-electron chi connectivity index (χ1n) is 7.52. The molecular formula is C15H22N3O4S+. The van der Waals surface area contributed by atoms with E-state index in [1.54, 1.807) is 21.0 Å². The summed E-state index contributed by atoms with van der Waals surface area (Å²) in [5, 5.41) is 2.51. The van der Waals surface area contributed by atoms with Crippen molar-refractivity contribution in [1.29, 1.82) is 0 Å². The highest BCUT2D eigenvalue weighted by Gasteiger charge is 2.21. The van der Waals surface area contributed by atoms with Gasteiger partial charge in [0.2, 0.25) is 0 Å². The van der Waals surface area contributed by atoms with Gasteiger partial charge in [-0.15, -0.1) is 11.3 Å². The summed E-state index contributed by atoms with van der Waals surface area (Å²) >= 11 is 1.20. The van der Waals surface area contributed by atoms with Gasteiger partial charge in [0.05, 0.1) is 25.1 Å². The molecule has 2 heterocycles. The van der Waals surface area contributed by atoms with Gasteiger partial charge in [0.1, 0.15) is 15.7 Å². The molecule has 0 radical (unpaired) electrons. The monoisotopic (exact) mass is 340 g/mol. The molecule has 7 nitrogen and oxygen atoms in total. The van der Waals surface area contributed by atoms with Gasteiger partial charge in [0, 0.05) is 7.11 Å². The summed E-state index contributed by atoms with van der Waals surface area (Å²) in [6.07, 6.45) is 0. The molecule has 0 amide bonds. The smallest absolute Gasteiger partial charge is 0.348 e. The SMILES string of the molecule is CCOC(=O)c1sc2nc([C@H](C)[NH2+]CCOC)[nH]c(=O)c2c1C. The van der Waals surface area contributed by atoms with E-state index in [1.807, 2.05) is 12.2 Å². The predicted molar refractivity (Wildman–Crippen MR) is 88.0 cm³/mol. The van der Waals surface area contributed by atoms with Gasteiger partial charge in [0.15, 0.2) is 5.82 Å². The molecule has 0 spiro atoms. The summed E-state index contributed by atoms with van der Waals surface area (Å²) in [4.78, 5) is 32.7. The van der Waals surface area contributed by atoms with E-state index in [-0.39, 0.29) is 11.6 Å². The van der Waals surface area contributed by atoms with Crippen molar-refractivity contribution in [2.45, 2.75) is 26.8 Å². The number of ether oxygens (including phenoxy) is 2. The largest absolute Gasteiger partial charge is 0.462 e. The lowest BCUT2D eigenvalue weighted by atomic mass is 10.2. The van der Waals surface area contributed by atoms with E-state index in [2.05, 4.69) is 9.97 Å². The summed E-state index contributed by atoms with van der Waals surface area (Å²) in [7, 11) is 1.65. The standard InChI is InChI=1S/C15H21N3O4S/c1-5-22-15(20)11-8(2)10-13(19)17-12(18-14(10)23-11)9(3)16-6-7-21-4/h9,16H,5-7H2,1-4H3,(H,17,18,19)/p+1/t9-/m0/s1. The number of thiophene rings is 1. The second-order valence-electron chi connectivity index (χ2n) is 5.21. The second kappa shape index (κ2) is 7.67. The molecule has 0 saturated carbocycles. The number of aromatic amines is 1. The number of hydrogen-bond acceptors (Lipinski definition) is 6. The lowest BCUT2D eigenvalue weighted by molar-refractivity contribution is -0.694. The molecule has 0 aliphatic rings. The number of quaternary nitrogens is 1. The third-order valence-electron chi connectivity index (χ3n) is 3.55. The van der Waals surface area contributed by atoms with Crippen LogP contribution in [0.25, 0.3) is 10.2 Å². The third kappa shape index (κ3) is 3.77. The van der Waals surface area contributed by atoms with E-state index in [0.717, 1.165) is 6.54 Å². The van der Waals surface area contributed by atoms with Crippen molar-refractivity contribution in [3.8, 4) is 0 Å². The number of carbonyl (C=O) groups excluding carboxylic acids is 1. The van der Waals surface area contributed by atoms with Crippen LogP contribution in [0.5, 0.6) is 0 Å². The zero-order valence-electron chi connectivity index (χ0n) is 13.8. The van der Waals surface area contributed by atoms with E-state index in [9.17, 15) is 9.59 Å². The van der Waals surface area contributed by atoms with Crippen molar-refractivity contribution in [2.24, 2.45) is 0 Å². The molecule has 126 valence electrons. The zero-order valence-corrected chi connectivity index (χ0v) is 14.6. The summed E-state index contributed by atoms with van der Waals surface area (Å²) in [6, 6.07) is -0.00398. The lowest BCUT2D eigenvalue weighted by Crippen LogP contribution is -2.85. The van der Waals surface area contributed by atoms with Crippen molar-refractivity contribution in [3.63, 3.8) is 0 Å². The van der Waals surface area contributed by atoms with Gasteiger partial charge in [-0.05, 0) is 26.3 Å². The Balaban J connectivity index is 2.38. The van der Waals surface area contributed by atoms with Crippen LogP contribution < -0.4 is 10.9 Å². The van der Waals surface area contributed by atoms with E-state index in [0.29, 0.717) is 39.7 Å². The summed E-state index contributed by atoms with van der Waals surface area (Å²) < 4.78 is 10.1. The molecule has 2 aromatic heterocycles. The van der Waals surface area contributed by atoms with Crippen molar-refractivity contribution in [1.82, 2.24) is 9.97 Å². The van der Waals surface area contributed by atoms with Crippen LogP contribution in [0.4, 0.5) is 0 Å². The maximum absolute atomic E-state index is 12.4. The van der Waals surface area contributed by atoms with Gasteiger partial charge in [-0.2, -0.15) is 0 Å². The topological polar surface area (TPSA) is 97.9 Å².